The standard InChI is InChI=1S/C55H52O2Si/c1-36-28-32-45-49(34-36)57-53-47(55(45,5)6)33-29-37(2)51(53)43-35-41(30-31-42(43)38-18-13-14-19-38)58(39-20-9-7-10-21-39,40-22-11-8-12-23-40)50-27-17-25-46-52(50)56-48-26-16-15-24-44(48)54(46,3)4/h7-12,15-17,20-35,38H,13-14,18-19H2,1-6H3. The monoisotopic (exact) mass is 772 g/mol. The number of para-hydroxylation sites is 2. The van der Waals surface area contributed by atoms with Gasteiger partial charge in [0.1, 0.15) is 23.0 Å². The quantitative estimate of drug-likeness (QED) is 0.124. The number of fused-ring (bicyclic) bond motifs is 4. The third-order valence-electron chi connectivity index (χ3n) is 13.9. The van der Waals surface area contributed by atoms with Crippen molar-refractivity contribution in [2.75, 3.05) is 0 Å². The highest BCUT2D eigenvalue weighted by Gasteiger charge is 2.47. The zero-order chi connectivity index (χ0) is 39.8. The van der Waals surface area contributed by atoms with Gasteiger partial charge in [0.05, 0.1) is 0 Å². The molecular weight excluding hydrogens is 721 g/mol. The lowest BCUT2D eigenvalue weighted by atomic mass is 9.73. The van der Waals surface area contributed by atoms with Crippen LogP contribution in [0.15, 0.2) is 152 Å². The Hall–Kier alpha value is -5.64. The Morgan fingerprint density at radius 2 is 1.09 bits per heavy atom. The smallest absolute Gasteiger partial charge is 0.184 e. The SMILES string of the molecule is Cc1ccc2c(c1)Oc1c(ccc(C)c1-c1cc([Si](c3ccccc3)(c3ccccc3)c3cccc4c3Oc3ccccc3C4(C)C)ccc1C1CCCC1)C2(C)C. The minimum Gasteiger partial charge on any atom is -0.457 e. The molecule has 3 aliphatic rings. The van der Waals surface area contributed by atoms with Gasteiger partial charge < -0.3 is 9.47 Å². The van der Waals surface area contributed by atoms with Crippen molar-refractivity contribution in [3.05, 3.63) is 191 Å². The zero-order valence-electron chi connectivity index (χ0n) is 34.7. The van der Waals surface area contributed by atoms with Gasteiger partial charge in [-0.25, -0.2) is 0 Å². The van der Waals surface area contributed by atoms with Crippen molar-refractivity contribution in [3.63, 3.8) is 0 Å². The predicted octanol–water partition coefficient (Wildman–Crippen LogP) is 11.9. The molecule has 2 nitrogen and oxygen atoms in total. The van der Waals surface area contributed by atoms with Crippen LogP contribution >= 0.6 is 0 Å². The molecule has 58 heavy (non-hydrogen) atoms. The molecule has 0 radical (unpaired) electrons. The average Bonchev–Trinajstić information content (AvgIpc) is 3.77. The molecule has 2 aliphatic heterocycles. The fourth-order valence-electron chi connectivity index (χ4n) is 10.8. The Kier molecular flexibility index (Phi) is 8.69. The van der Waals surface area contributed by atoms with E-state index in [9.17, 15) is 0 Å². The number of benzene rings is 7. The Morgan fingerprint density at radius 1 is 0.500 bits per heavy atom. The minimum atomic E-state index is -3.10. The third kappa shape index (κ3) is 5.50. The first-order valence-electron chi connectivity index (χ1n) is 21.2. The summed E-state index contributed by atoms with van der Waals surface area (Å²) in [6, 6.07) is 57.2. The van der Waals surface area contributed by atoms with Crippen molar-refractivity contribution in [2.24, 2.45) is 0 Å². The Bertz CT molecular complexity index is 2660. The van der Waals surface area contributed by atoms with E-state index in [-0.39, 0.29) is 10.8 Å². The lowest BCUT2D eigenvalue weighted by Crippen LogP contribution is -2.75. The summed E-state index contributed by atoms with van der Waals surface area (Å²) in [4.78, 5) is 0. The summed E-state index contributed by atoms with van der Waals surface area (Å²) in [5.74, 6) is 4.41. The molecule has 7 aromatic rings. The van der Waals surface area contributed by atoms with Gasteiger partial charge in [0.25, 0.3) is 0 Å². The molecule has 0 N–H and O–H groups in total. The van der Waals surface area contributed by atoms with Crippen LogP contribution in [-0.2, 0) is 10.8 Å². The maximum atomic E-state index is 7.21. The van der Waals surface area contributed by atoms with Gasteiger partial charge in [-0.2, -0.15) is 0 Å². The van der Waals surface area contributed by atoms with Crippen LogP contribution < -0.4 is 30.2 Å². The molecule has 0 aromatic heterocycles. The normalized spacial score (nSPS) is 16.3. The van der Waals surface area contributed by atoms with Crippen LogP contribution in [0.2, 0.25) is 0 Å². The highest BCUT2D eigenvalue weighted by atomic mass is 28.3. The second-order valence-electron chi connectivity index (χ2n) is 18.0. The lowest BCUT2D eigenvalue weighted by Gasteiger charge is -2.41. The number of hydrogen-bond donors (Lipinski definition) is 0. The van der Waals surface area contributed by atoms with E-state index in [0.29, 0.717) is 5.92 Å². The van der Waals surface area contributed by atoms with E-state index in [0.717, 1.165) is 23.0 Å². The summed E-state index contributed by atoms with van der Waals surface area (Å²) in [6.45, 7) is 13.9. The summed E-state index contributed by atoms with van der Waals surface area (Å²) >= 11 is 0. The maximum Gasteiger partial charge on any atom is 0.184 e. The topological polar surface area (TPSA) is 18.5 Å². The van der Waals surface area contributed by atoms with Gasteiger partial charge in [-0.1, -0.05) is 180 Å². The Labute approximate surface area is 345 Å². The summed E-state index contributed by atoms with van der Waals surface area (Å²) in [5.41, 5.74) is 10.9. The summed E-state index contributed by atoms with van der Waals surface area (Å²) < 4.78 is 14.4. The summed E-state index contributed by atoms with van der Waals surface area (Å²) in [5, 5.41) is 5.29. The van der Waals surface area contributed by atoms with Crippen molar-refractivity contribution in [3.8, 4) is 34.1 Å². The molecule has 0 spiro atoms. The molecule has 0 saturated heterocycles. The second kappa shape index (κ2) is 13.7. The van der Waals surface area contributed by atoms with Crippen molar-refractivity contribution in [1.29, 1.82) is 0 Å². The molecule has 7 aromatic carbocycles. The van der Waals surface area contributed by atoms with Crippen molar-refractivity contribution >= 4 is 28.8 Å². The van der Waals surface area contributed by atoms with Crippen LogP contribution in [0.1, 0.15) is 98.2 Å². The fourth-order valence-corrected chi connectivity index (χ4v) is 15.7. The summed E-state index contributed by atoms with van der Waals surface area (Å²) in [6.07, 6.45) is 4.96. The van der Waals surface area contributed by atoms with Gasteiger partial charge in [0, 0.05) is 38.6 Å². The van der Waals surface area contributed by atoms with E-state index in [2.05, 4.69) is 193 Å². The molecular formula is C55H52O2Si. The van der Waals surface area contributed by atoms with Crippen molar-refractivity contribution < 1.29 is 9.47 Å². The van der Waals surface area contributed by atoms with Gasteiger partial charge in [0.15, 0.2) is 8.07 Å². The van der Waals surface area contributed by atoms with Crippen LogP contribution in [0.5, 0.6) is 23.0 Å². The number of hydrogen-bond acceptors (Lipinski definition) is 2. The number of ether oxygens (including phenoxy) is 2. The number of aryl methyl sites for hydroxylation is 2. The van der Waals surface area contributed by atoms with Crippen LogP contribution in [0.4, 0.5) is 0 Å². The van der Waals surface area contributed by atoms with Gasteiger partial charge in [-0.3, -0.25) is 0 Å². The van der Waals surface area contributed by atoms with E-state index < -0.39 is 8.07 Å². The first-order chi connectivity index (χ1) is 28.1. The molecule has 0 bridgehead atoms. The molecule has 0 amide bonds. The summed E-state index contributed by atoms with van der Waals surface area (Å²) in [7, 11) is -3.10. The van der Waals surface area contributed by atoms with Gasteiger partial charge >= 0.3 is 0 Å². The van der Waals surface area contributed by atoms with E-state index in [1.807, 2.05) is 0 Å². The molecule has 1 aliphatic carbocycles. The molecule has 1 fully saturated rings. The number of rotatable bonds is 6. The van der Waals surface area contributed by atoms with Gasteiger partial charge in [0.2, 0.25) is 0 Å². The van der Waals surface area contributed by atoms with E-state index >= 15 is 0 Å². The fraction of sp³-hybridized carbons (Fsp3) is 0.236. The predicted molar refractivity (Wildman–Crippen MR) is 243 cm³/mol. The van der Waals surface area contributed by atoms with Crippen molar-refractivity contribution in [2.45, 2.75) is 84.0 Å². The lowest BCUT2D eigenvalue weighted by molar-refractivity contribution is 0.419. The first-order valence-corrected chi connectivity index (χ1v) is 23.2. The van der Waals surface area contributed by atoms with E-state index in [4.69, 9.17) is 9.47 Å². The van der Waals surface area contributed by atoms with E-state index in [1.54, 1.807) is 0 Å². The Balaban J connectivity index is 1.31. The third-order valence-corrected chi connectivity index (χ3v) is 18.7. The largest absolute Gasteiger partial charge is 0.457 e. The van der Waals surface area contributed by atoms with Gasteiger partial charge in [-0.05, 0) is 87.7 Å². The van der Waals surface area contributed by atoms with Crippen molar-refractivity contribution in [1.82, 2.24) is 0 Å². The molecule has 288 valence electrons. The molecule has 0 atom stereocenters. The highest BCUT2D eigenvalue weighted by Crippen LogP contribution is 2.54. The molecule has 3 heteroatoms. The average molecular weight is 773 g/mol. The molecule has 0 unspecified atom stereocenters. The maximum absolute atomic E-state index is 7.21. The zero-order valence-corrected chi connectivity index (χ0v) is 35.7. The van der Waals surface area contributed by atoms with Crippen LogP contribution in [0.25, 0.3) is 11.1 Å². The van der Waals surface area contributed by atoms with Crippen LogP contribution in [-0.4, -0.2) is 8.07 Å². The highest BCUT2D eigenvalue weighted by molar-refractivity contribution is 7.20. The molecule has 1 saturated carbocycles. The molecule has 2 heterocycles. The molecule has 10 rings (SSSR count). The van der Waals surface area contributed by atoms with Crippen LogP contribution in [0, 0.1) is 13.8 Å². The van der Waals surface area contributed by atoms with E-state index in [1.165, 1.54) is 96.5 Å². The van der Waals surface area contributed by atoms with Crippen LogP contribution in [0.3, 0.4) is 0 Å². The second-order valence-corrected chi connectivity index (χ2v) is 21.8. The minimum absolute atomic E-state index is 0.222. The Morgan fingerprint density at radius 3 is 1.79 bits per heavy atom. The van der Waals surface area contributed by atoms with Gasteiger partial charge in [-0.15, -0.1) is 0 Å². The first kappa shape index (κ1) is 36.7.